The molecule has 0 fully saturated rings. The van der Waals surface area contributed by atoms with Crippen molar-refractivity contribution in [1.29, 1.82) is 0 Å². The Kier molecular flexibility index (Phi) is 8.61. The number of rotatable bonds is 9. The molecule has 0 aromatic heterocycles. The molecule has 0 spiro atoms. The van der Waals surface area contributed by atoms with E-state index in [0.717, 1.165) is 11.8 Å². The number of azo groups is 2. The lowest BCUT2D eigenvalue weighted by atomic mass is 10.1. The molecule has 5 rings (SSSR count). The van der Waals surface area contributed by atoms with Crippen molar-refractivity contribution < 1.29 is 35.8 Å². The molecule has 0 radical (unpaired) electrons. The van der Waals surface area contributed by atoms with Crippen LogP contribution in [0.3, 0.4) is 0 Å². The van der Waals surface area contributed by atoms with Crippen molar-refractivity contribution in [2.75, 3.05) is 12.4 Å². The monoisotopic (exact) mass is 647 g/mol. The molecule has 0 atom stereocenters. The van der Waals surface area contributed by atoms with Gasteiger partial charge in [-0.15, -0.1) is 10.2 Å². The van der Waals surface area contributed by atoms with E-state index in [2.05, 4.69) is 25.8 Å². The van der Waals surface area contributed by atoms with Crippen molar-refractivity contribution >= 4 is 65.1 Å². The third-order valence-electron chi connectivity index (χ3n) is 6.54. The lowest BCUT2D eigenvalue weighted by Crippen LogP contribution is -1.99. The normalized spacial score (nSPS) is 12.3. The number of nitrogens with one attached hydrogen (secondary N) is 1. The summed E-state index contributed by atoms with van der Waals surface area (Å²) in [5, 5.41) is 31.1. The average Bonchev–Trinajstić information content (AvgIpc) is 2.99. The maximum Gasteiger partial charge on any atom is 0.296 e. The van der Waals surface area contributed by atoms with Crippen molar-refractivity contribution in [3.8, 4) is 11.5 Å². The number of fused-ring (bicyclic) bond motifs is 1. The number of hydrogen-bond acceptors (Lipinski definition) is 11. The molecule has 0 aliphatic rings. The minimum atomic E-state index is -4.85. The van der Waals surface area contributed by atoms with Crippen LogP contribution < -0.4 is 10.1 Å². The van der Waals surface area contributed by atoms with E-state index < -0.39 is 36.6 Å². The maximum atomic E-state index is 12.4. The predicted octanol–water partition coefficient (Wildman–Crippen LogP) is 7.93. The Morgan fingerprint density at radius 2 is 1.44 bits per heavy atom. The Balaban J connectivity index is 1.51. The van der Waals surface area contributed by atoms with Gasteiger partial charge in [0.05, 0.1) is 23.4 Å². The molecular weight excluding hydrogens is 622 g/mol. The zero-order chi connectivity index (χ0) is 32.4. The molecule has 4 N–H and O–H groups in total. The van der Waals surface area contributed by atoms with Crippen molar-refractivity contribution in [1.82, 2.24) is 0 Å². The third-order valence-corrected chi connectivity index (χ3v) is 8.25. The summed E-state index contributed by atoms with van der Waals surface area (Å²) >= 11 is 0. The number of benzene rings is 5. The number of aryl methyl sites for hydroxylation is 1. The van der Waals surface area contributed by atoms with Crippen LogP contribution in [0, 0.1) is 6.92 Å². The Morgan fingerprint density at radius 1 is 0.711 bits per heavy atom. The van der Waals surface area contributed by atoms with E-state index in [0.29, 0.717) is 22.3 Å². The van der Waals surface area contributed by atoms with Gasteiger partial charge in [0.2, 0.25) is 0 Å². The number of ether oxygens (including phenoxy) is 1. The highest BCUT2D eigenvalue weighted by molar-refractivity contribution is 7.86. The number of para-hydroxylation sites is 1. The summed E-state index contributed by atoms with van der Waals surface area (Å²) in [5.74, 6) is -0.348. The minimum Gasteiger partial charge on any atom is -0.505 e. The van der Waals surface area contributed by atoms with E-state index in [-0.39, 0.29) is 27.4 Å². The largest absolute Gasteiger partial charge is 0.505 e. The standard InChI is InChI=1S/C30H25N5O8S2/c1-18-13-26(27(43-2)17-25(18)33-32-22-9-6-10-23(16-22)44(37,38)39)34-35-29-28(45(40,41)42)15-19-14-21(11-12-24(19)30(29)36)31-20-7-4-3-5-8-20/h3-17,31,36H,1-2H3,(H,37,38,39)(H,40,41,42). The molecule has 0 saturated carbocycles. The van der Waals surface area contributed by atoms with E-state index in [9.17, 15) is 31.0 Å². The lowest BCUT2D eigenvalue weighted by molar-refractivity contribution is 0.416. The number of nitrogens with zero attached hydrogens (tertiary/aromatic N) is 4. The molecule has 5 aromatic rings. The van der Waals surface area contributed by atoms with E-state index in [1.54, 1.807) is 25.1 Å². The zero-order valence-electron chi connectivity index (χ0n) is 23.6. The van der Waals surface area contributed by atoms with Gasteiger partial charge in [-0.3, -0.25) is 9.11 Å². The van der Waals surface area contributed by atoms with Crippen molar-refractivity contribution in [3.05, 3.63) is 96.6 Å². The number of hydrogen-bond donors (Lipinski definition) is 4. The molecule has 0 bridgehead atoms. The SMILES string of the molecule is COc1cc(N=Nc2cccc(S(=O)(=O)O)c2)c(C)cc1N=Nc1c(S(=O)(=O)O)cc2cc(Nc3ccccc3)ccc2c1O. The first-order valence-corrected chi connectivity index (χ1v) is 15.9. The van der Waals surface area contributed by atoms with Crippen LogP contribution in [0.1, 0.15) is 5.56 Å². The predicted molar refractivity (Wildman–Crippen MR) is 167 cm³/mol. The molecule has 0 aliphatic heterocycles. The first-order valence-electron chi connectivity index (χ1n) is 13.0. The minimum absolute atomic E-state index is 0.144. The number of phenolic OH excluding ortho intramolecular Hbond substituents is 1. The lowest BCUT2D eigenvalue weighted by Gasteiger charge is -2.12. The van der Waals surface area contributed by atoms with Crippen LogP contribution >= 0.6 is 0 Å². The van der Waals surface area contributed by atoms with Crippen LogP contribution in [0.2, 0.25) is 0 Å². The van der Waals surface area contributed by atoms with Gasteiger partial charge in [-0.05, 0) is 78.5 Å². The van der Waals surface area contributed by atoms with Crippen LogP contribution in [0.5, 0.6) is 11.5 Å². The second kappa shape index (κ2) is 12.4. The van der Waals surface area contributed by atoms with Gasteiger partial charge in [0.1, 0.15) is 22.0 Å². The van der Waals surface area contributed by atoms with Crippen LogP contribution in [0.25, 0.3) is 10.8 Å². The summed E-state index contributed by atoms with van der Waals surface area (Å²) in [5.41, 5.74) is 2.11. The highest BCUT2D eigenvalue weighted by Crippen LogP contribution is 2.43. The molecule has 15 heteroatoms. The summed E-state index contributed by atoms with van der Waals surface area (Å²) in [6, 6.07) is 23.6. The highest BCUT2D eigenvalue weighted by Gasteiger charge is 2.22. The van der Waals surface area contributed by atoms with Crippen molar-refractivity contribution in [3.63, 3.8) is 0 Å². The molecule has 0 aliphatic carbocycles. The van der Waals surface area contributed by atoms with E-state index in [1.807, 2.05) is 30.3 Å². The summed E-state index contributed by atoms with van der Waals surface area (Å²) in [7, 11) is -7.91. The molecule has 0 amide bonds. The zero-order valence-corrected chi connectivity index (χ0v) is 25.3. The second-order valence-electron chi connectivity index (χ2n) is 9.66. The first kappa shape index (κ1) is 31.2. The van der Waals surface area contributed by atoms with Crippen LogP contribution in [0.4, 0.5) is 34.1 Å². The first-order chi connectivity index (χ1) is 21.3. The van der Waals surface area contributed by atoms with Crippen molar-refractivity contribution in [2.45, 2.75) is 16.7 Å². The summed E-state index contributed by atoms with van der Waals surface area (Å²) in [4.78, 5) is -0.990. The van der Waals surface area contributed by atoms with E-state index in [1.165, 1.54) is 43.5 Å². The van der Waals surface area contributed by atoms with Gasteiger partial charge >= 0.3 is 0 Å². The number of anilines is 2. The van der Waals surface area contributed by atoms with Gasteiger partial charge in [0.15, 0.2) is 5.75 Å². The van der Waals surface area contributed by atoms with Gasteiger partial charge in [0.25, 0.3) is 20.2 Å². The number of aromatic hydroxyl groups is 1. The van der Waals surface area contributed by atoms with Crippen molar-refractivity contribution in [2.24, 2.45) is 20.5 Å². The molecule has 5 aromatic carbocycles. The fourth-order valence-corrected chi connectivity index (χ4v) is 5.52. The molecule has 13 nitrogen and oxygen atoms in total. The Hall–Kier alpha value is -5.22. The fraction of sp³-hybridized carbons (Fsp3) is 0.0667. The maximum absolute atomic E-state index is 12.4. The summed E-state index contributed by atoms with van der Waals surface area (Å²) in [6.45, 7) is 1.68. The van der Waals surface area contributed by atoms with Crippen LogP contribution in [0.15, 0.2) is 121 Å². The van der Waals surface area contributed by atoms with E-state index in [4.69, 9.17) is 4.74 Å². The number of phenols is 1. The number of methoxy groups -OCH3 is 1. The Bertz CT molecular complexity index is 2210. The Morgan fingerprint density at radius 3 is 2.13 bits per heavy atom. The molecule has 0 unspecified atom stereocenters. The van der Waals surface area contributed by atoms with Gasteiger partial charge in [0, 0.05) is 22.8 Å². The highest BCUT2D eigenvalue weighted by atomic mass is 32.2. The van der Waals surface area contributed by atoms with Gasteiger partial charge in [-0.25, -0.2) is 0 Å². The smallest absolute Gasteiger partial charge is 0.296 e. The Labute approximate surface area is 258 Å². The molecular formula is C30H25N5O8S2. The van der Waals surface area contributed by atoms with Gasteiger partial charge in [-0.2, -0.15) is 27.1 Å². The fourth-order valence-electron chi connectivity index (χ4n) is 4.34. The molecule has 230 valence electrons. The topological polar surface area (TPSA) is 200 Å². The third kappa shape index (κ3) is 7.13. The summed E-state index contributed by atoms with van der Waals surface area (Å²) < 4.78 is 72.2. The van der Waals surface area contributed by atoms with Gasteiger partial charge < -0.3 is 15.2 Å². The molecule has 45 heavy (non-hydrogen) atoms. The van der Waals surface area contributed by atoms with Gasteiger partial charge in [-0.1, -0.05) is 24.3 Å². The second-order valence-corrected chi connectivity index (χ2v) is 12.5. The van der Waals surface area contributed by atoms with E-state index >= 15 is 0 Å². The molecule has 0 saturated heterocycles. The van der Waals surface area contributed by atoms with Crippen LogP contribution in [-0.2, 0) is 20.2 Å². The molecule has 0 heterocycles. The van der Waals surface area contributed by atoms with Crippen LogP contribution in [-0.4, -0.2) is 38.2 Å². The quantitative estimate of drug-likeness (QED) is 0.0905. The average molecular weight is 648 g/mol. The summed E-state index contributed by atoms with van der Waals surface area (Å²) in [6.07, 6.45) is 0.